The number of alkyl halides is 2. The van der Waals surface area contributed by atoms with Gasteiger partial charge in [0.2, 0.25) is 0 Å². The molecule has 0 amide bonds. The molecule has 0 bridgehead atoms. The molecule has 0 spiro atoms. The molecule has 3 nitrogen and oxygen atoms in total. The smallest absolute Gasteiger partial charge is 0.382 e. The van der Waals surface area contributed by atoms with Crippen molar-refractivity contribution in [2.75, 3.05) is 12.3 Å². The summed E-state index contributed by atoms with van der Waals surface area (Å²) in [6.07, 6.45) is 0. The minimum Gasteiger partial charge on any atom is -0.461 e. The summed E-state index contributed by atoms with van der Waals surface area (Å²) >= 11 is 0. The summed E-state index contributed by atoms with van der Waals surface area (Å²) in [4.78, 5) is 11.8. The molecule has 0 aliphatic rings. The number of halogens is 2. The second kappa shape index (κ2) is 6.10. The normalized spacial score (nSPS) is 13.1. The molecule has 0 saturated heterocycles. The molecule has 1 aromatic carbocycles. The molecule has 0 radical (unpaired) electrons. The molecule has 0 heterocycles. The van der Waals surface area contributed by atoms with Crippen molar-refractivity contribution in [2.24, 2.45) is 0 Å². The molecule has 0 unspecified atom stereocenters. The van der Waals surface area contributed by atoms with Crippen LogP contribution in [-0.4, -0.2) is 12.6 Å². The Balaban J connectivity index is 3.69. The van der Waals surface area contributed by atoms with Gasteiger partial charge in [0.25, 0.3) is 0 Å². The molecule has 0 aliphatic heterocycles. The molecule has 1 rings (SSSR count). The van der Waals surface area contributed by atoms with Crippen LogP contribution in [0.15, 0.2) is 12.1 Å². The number of ether oxygens (including phenoxy) is 1. The van der Waals surface area contributed by atoms with E-state index in [0.717, 1.165) is 5.56 Å². The lowest BCUT2D eigenvalue weighted by atomic mass is 9.76. The van der Waals surface area contributed by atoms with Gasteiger partial charge in [0.1, 0.15) is 0 Å². The van der Waals surface area contributed by atoms with Crippen molar-refractivity contribution in [3.63, 3.8) is 0 Å². The fourth-order valence-corrected chi connectivity index (χ4v) is 2.36. The molecular weight excluding hydrogens is 300 g/mol. The van der Waals surface area contributed by atoms with Crippen LogP contribution in [0.1, 0.15) is 65.2 Å². The van der Waals surface area contributed by atoms with Gasteiger partial charge in [-0.1, -0.05) is 47.6 Å². The van der Waals surface area contributed by atoms with Gasteiger partial charge >= 0.3 is 11.9 Å². The van der Waals surface area contributed by atoms with E-state index < -0.39 is 22.9 Å². The van der Waals surface area contributed by atoms with Gasteiger partial charge in [0.05, 0.1) is 12.2 Å². The number of anilines is 1. The van der Waals surface area contributed by atoms with Crippen LogP contribution >= 0.6 is 0 Å². The minimum absolute atomic E-state index is 0.0830. The number of carbonyl (C=O) groups is 1. The highest BCUT2D eigenvalue weighted by Crippen LogP contribution is 2.43. The third-order valence-electron chi connectivity index (χ3n) is 3.69. The highest BCUT2D eigenvalue weighted by atomic mass is 19.3. The number of nitrogens with two attached hydrogens (primary N) is 1. The fourth-order valence-electron chi connectivity index (χ4n) is 2.36. The van der Waals surface area contributed by atoms with E-state index in [9.17, 15) is 13.6 Å². The quantitative estimate of drug-likeness (QED) is 0.656. The molecule has 2 N–H and O–H groups in total. The number of hydrogen-bond acceptors (Lipinski definition) is 3. The van der Waals surface area contributed by atoms with E-state index in [-0.39, 0.29) is 17.7 Å². The van der Waals surface area contributed by atoms with E-state index in [1.807, 2.05) is 41.5 Å². The summed E-state index contributed by atoms with van der Waals surface area (Å²) in [5.74, 6) is -5.35. The van der Waals surface area contributed by atoms with E-state index in [1.165, 1.54) is 13.0 Å². The van der Waals surface area contributed by atoms with Crippen molar-refractivity contribution >= 4 is 11.7 Å². The van der Waals surface area contributed by atoms with E-state index >= 15 is 0 Å². The summed E-state index contributed by atoms with van der Waals surface area (Å²) in [7, 11) is 0. The van der Waals surface area contributed by atoms with Gasteiger partial charge in [-0.15, -0.1) is 0 Å². The average Bonchev–Trinajstić information content (AvgIpc) is 2.35. The number of benzene rings is 1. The van der Waals surface area contributed by atoms with Gasteiger partial charge in [-0.3, -0.25) is 0 Å². The van der Waals surface area contributed by atoms with Crippen LogP contribution in [0.3, 0.4) is 0 Å². The number of rotatable bonds is 3. The minimum atomic E-state index is -3.78. The Kier molecular flexibility index (Phi) is 5.14. The van der Waals surface area contributed by atoms with Crippen molar-refractivity contribution in [3.8, 4) is 0 Å². The highest BCUT2D eigenvalue weighted by molar-refractivity contribution is 5.83. The van der Waals surface area contributed by atoms with Crippen LogP contribution < -0.4 is 5.73 Å². The van der Waals surface area contributed by atoms with Gasteiger partial charge in [0, 0.05) is 5.69 Å². The van der Waals surface area contributed by atoms with Crippen LogP contribution in [0.2, 0.25) is 0 Å². The van der Waals surface area contributed by atoms with E-state index in [4.69, 9.17) is 5.73 Å². The molecule has 0 fully saturated rings. The monoisotopic (exact) mass is 327 g/mol. The molecule has 0 saturated carbocycles. The number of carbonyl (C=O) groups excluding carboxylic acids is 1. The number of hydrogen-bond donors (Lipinski definition) is 1. The summed E-state index contributed by atoms with van der Waals surface area (Å²) in [5.41, 5.74) is 5.79. The molecule has 0 atom stereocenters. The molecule has 130 valence electrons. The van der Waals surface area contributed by atoms with Crippen molar-refractivity contribution in [1.29, 1.82) is 0 Å². The predicted octanol–water partition coefficient (Wildman–Crippen LogP) is 4.52. The van der Waals surface area contributed by atoms with E-state index in [0.29, 0.717) is 5.56 Å². The fraction of sp³-hybridized carbons (Fsp3) is 0.611. The second-order valence-electron chi connectivity index (χ2n) is 7.78. The first kappa shape index (κ1) is 19.4. The lowest BCUT2D eigenvalue weighted by molar-refractivity contribution is -0.173. The zero-order valence-electron chi connectivity index (χ0n) is 15.0. The maximum Gasteiger partial charge on any atom is 0.382 e. The summed E-state index contributed by atoms with van der Waals surface area (Å²) in [6, 6.07) is 3.25. The van der Waals surface area contributed by atoms with Crippen molar-refractivity contribution in [1.82, 2.24) is 0 Å². The summed E-state index contributed by atoms with van der Waals surface area (Å²) in [6.45, 7) is 12.8. The maximum atomic E-state index is 14.7. The van der Waals surface area contributed by atoms with Crippen LogP contribution in [0, 0.1) is 0 Å². The molecule has 0 aliphatic carbocycles. The first-order chi connectivity index (χ1) is 10.2. The summed E-state index contributed by atoms with van der Waals surface area (Å²) < 4.78 is 33.9. The molecule has 1 aromatic rings. The van der Waals surface area contributed by atoms with Gasteiger partial charge in [-0.25, -0.2) is 4.79 Å². The Labute approximate surface area is 137 Å². The molecule has 5 heteroatoms. The zero-order valence-corrected chi connectivity index (χ0v) is 15.0. The van der Waals surface area contributed by atoms with Gasteiger partial charge in [-0.2, -0.15) is 8.78 Å². The molecule has 0 aromatic heterocycles. The Bertz CT molecular complexity index is 596. The topological polar surface area (TPSA) is 52.3 Å². The van der Waals surface area contributed by atoms with Crippen molar-refractivity contribution < 1.29 is 18.3 Å². The highest BCUT2D eigenvalue weighted by Gasteiger charge is 2.47. The first-order valence-corrected chi connectivity index (χ1v) is 7.73. The standard InChI is InChI=1S/C18H27F2NO2/c1-8-23-15(22)18(19,20)14-12(17(5,6)7)9-11(10-13(14)21)16(2,3)4/h9-10H,8,21H2,1-7H3. The predicted molar refractivity (Wildman–Crippen MR) is 88.8 cm³/mol. The zero-order chi connectivity index (χ0) is 18.2. The Hall–Kier alpha value is -1.65. The van der Waals surface area contributed by atoms with Crippen LogP contribution in [-0.2, 0) is 26.3 Å². The van der Waals surface area contributed by atoms with Crippen LogP contribution in [0.5, 0.6) is 0 Å². The number of esters is 1. The third-order valence-corrected chi connectivity index (χ3v) is 3.69. The lowest BCUT2D eigenvalue weighted by Crippen LogP contribution is -2.33. The Morgan fingerprint density at radius 1 is 1.09 bits per heavy atom. The van der Waals surface area contributed by atoms with Crippen LogP contribution in [0.25, 0.3) is 0 Å². The Morgan fingerprint density at radius 2 is 1.61 bits per heavy atom. The van der Waals surface area contributed by atoms with Gasteiger partial charge in [0.15, 0.2) is 0 Å². The molecule has 23 heavy (non-hydrogen) atoms. The van der Waals surface area contributed by atoms with Crippen molar-refractivity contribution in [2.45, 2.75) is 65.2 Å². The maximum absolute atomic E-state index is 14.7. The van der Waals surface area contributed by atoms with Crippen molar-refractivity contribution in [3.05, 3.63) is 28.8 Å². The summed E-state index contributed by atoms with van der Waals surface area (Å²) in [5, 5.41) is 0. The first-order valence-electron chi connectivity index (χ1n) is 7.73. The largest absolute Gasteiger partial charge is 0.461 e. The lowest BCUT2D eigenvalue weighted by Gasteiger charge is -2.31. The van der Waals surface area contributed by atoms with Gasteiger partial charge in [-0.05, 0) is 34.9 Å². The van der Waals surface area contributed by atoms with E-state index in [2.05, 4.69) is 4.74 Å². The third kappa shape index (κ3) is 4.01. The average molecular weight is 327 g/mol. The molecular formula is C18H27F2NO2. The van der Waals surface area contributed by atoms with Crippen LogP contribution in [0.4, 0.5) is 14.5 Å². The second-order valence-corrected chi connectivity index (χ2v) is 7.78. The van der Waals surface area contributed by atoms with Gasteiger partial charge < -0.3 is 10.5 Å². The van der Waals surface area contributed by atoms with E-state index in [1.54, 1.807) is 6.07 Å². The Morgan fingerprint density at radius 3 is 2.00 bits per heavy atom. The SMILES string of the molecule is CCOC(=O)C(F)(F)c1c(N)cc(C(C)(C)C)cc1C(C)(C)C. The number of nitrogen functional groups attached to an aromatic ring is 1.